The number of likely N-dealkylation sites (N-methyl/N-ethyl adjacent to an activating group) is 1. The third-order valence-electron chi connectivity index (χ3n) is 4.39. The molecule has 2 atom stereocenters. The average molecular weight is 338 g/mol. The van der Waals surface area contributed by atoms with Crippen molar-refractivity contribution in [2.45, 2.75) is 58.2 Å². The van der Waals surface area contributed by atoms with Gasteiger partial charge in [-0.2, -0.15) is 0 Å². The minimum atomic E-state index is -0.00510. The quantitative estimate of drug-likeness (QED) is 0.786. The number of carbonyl (C=O) groups is 2. The number of rotatable bonds is 7. The summed E-state index contributed by atoms with van der Waals surface area (Å²) >= 11 is 1.59. The molecule has 7 heteroatoms. The van der Waals surface area contributed by atoms with E-state index in [4.69, 9.17) is 0 Å². The molecule has 1 aliphatic heterocycles. The van der Waals surface area contributed by atoms with Gasteiger partial charge in [0.05, 0.1) is 12.2 Å². The second kappa shape index (κ2) is 8.40. The maximum atomic E-state index is 12.1. The zero-order chi connectivity index (χ0) is 16.8. The molecule has 1 aromatic heterocycles. The first kappa shape index (κ1) is 17.9. The second-order valence-corrected chi connectivity index (χ2v) is 7.00. The highest BCUT2D eigenvalue weighted by atomic mass is 32.1. The van der Waals surface area contributed by atoms with Crippen LogP contribution in [0.15, 0.2) is 5.38 Å². The van der Waals surface area contributed by atoms with Gasteiger partial charge in [0.15, 0.2) is 0 Å². The van der Waals surface area contributed by atoms with Crippen LogP contribution >= 0.6 is 11.3 Å². The average Bonchev–Trinajstić information content (AvgIpc) is 3.11. The van der Waals surface area contributed by atoms with E-state index >= 15 is 0 Å². The Labute approximate surface area is 141 Å². The van der Waals surface area contributed by atoms with Crippen molar-refractivity contribution in [3.05, 3.63) is 16.1 Å². The molecule has 23 heavy (non-hydrogen) atoms. The van der Waals surface area contributed by atoms with E-state index in [1.54, 1.807) is 11.3 Å². The molecule has 2 rings (SSSR count). The maximum Gasteiger partial charge on any atom is 0.221 e. The first-order valence-corrected chi connectivity index (χ1v) is 9.04. The Morgan fingerprint density at radius 2 is 2.09 bits per heavy atom. The summed E-state index contributed by atoms with van der Waals surface area (Å²) in [6, 6.07) is 0.569. The molecule has 0 aromatic carbocycles. The van der Waals surface area contributed by atoms with Crippen LogP contribution in [0.2, 0.25) is 0 Å². The van der Waals surface area contributed by atoms with Crippen LogP contribution in [0, 0.1) is 0 Å². The predicted molar refractivity (Wildman–Crippen MR) is 91.2 cm³/mol. The zero-order valence-electron chi connectivity index (χ0n) is 14.1. The standard InChI is InChI=1S/C16H26N4O2S/c1-4-12-10-23-16(19-12)9-18-15(22)7-13-5-6-14(20(13)3)8-17-11(2)21/h10,13-14H,4-9H2,1-3H3,(H,17,21)(H,18,22)/t13-,14+/m0/s1. The monoisotopic (exact) mass is 338 g/mol. The number of amides is 2. The van der Waals surface area contributed by atoms with Gasteiger partial charge in [-0.15, -0.1) is 11.3 Å². The first-order chi connectivity index (χ1) is 11.0. The smallest absolute Gasteiger partial charge is 0.221 e. The third kappa shape index (κ3) is 5.28. The summed E-state index contributed by atoms with van der Waals surface area (Å²) in [7, 11) is 2.03. The van der Waals surface area contributed by atoms with Crippen molar-refractivity contribution < 1.29 is 9.59 Å². The van der Waals surface area contributed by atoms with Crippen LogP contribution in [0.25, 0.3) is 0 Å². The Hall–Kier alpha value is -1.47. The van der Waals surface area contributed by atoms with Crippen molar-refractivity contribution in [3.8, 4) is 0 Å². The summed E-state index contributed by atoms with van der Waals surface area (Å²) in [6.07, 6.45) is 3.43. The van der Waals surface area contributed by atoms with Gasteiger partial charge in [-0.3, -0.25) is 14.5 Å². The highest BCUT2D eigenvalue weighted by Gasteiger charge is 2.31. The van der Waals surface area contributed by atoms with Gasteiger partial charge in [0, 0.05) is 37.4 Å². The fraction of sp³-hybridized carbons (Fsp3) is 0.688. The van der Waals surface area contributed by atoms with Gasteiger partial charge >= 0.3 is 0 Å². The highest BCUT2D eigenvalue weighted by Crippen LogP contribution is 2.24. The molecule has 0 radical (unpaired) electrons. The number of nitrogens with zero attached hydrogens (tertiary/aromatic N) is 2. The fourth-order valence-electron chi connectivity index (χ4n) is 2.90. The maximum absolute atomic E-state index is 12.1. The third-order valence-corrected chi connectivity index (χ3v) is 5.29. The van der Waals surface area contributed by atoms with Gasteiger partial charge in [0.2, 0.25) is 11.8 Å². The van der Waals surface area contributed by atoms with Crippen molar-refractivity contribution >= 4 is 23.2 Å². The molecule has 1 saturated heterocycles. The van der Waals surface area contributed by atoms with Gasteiger partial charge in [0.1, 0.15) is 5.01 Å². The number of likely N-dealkylation sites (tertiary alicyclic amines) is 1. The number of aryl methyl sites for hydroxylation is 1. The van der Waals surface area contributed by atoms with Gasteiger partial charge in [-0.25, -0.2) is 4.98 Å². The molecule has 2 N–H and O–H groups in total. The lowest BCUT2D eigenvalue weighted by molar-refractivity contribution is -0.122. The fourth-order valence-corrected chi connectivity index (χ4v) is 3.71. The van der Waals surface area contributed by atoms with Crippen LogP contribution in [0.5, 0.6) is 0 Å². The van der Waals surface area contributed by atoms with Crippen LogP contribution in [0.4, 0.5) is 0 Å². The predicted octanol–water partition coefficient (Wildman–Crippen LogP) is 1.31. The minimum Gasteiger partial charge on any atom is -0.355 e. The molecule has 6 nitrogen and oxygen atoms in total. The van der Waals surface area contributed by atoms with Crippen LogP contribution in [0.1, 0.15) is 43.8 Å². The van der Waals surface area contributed by atoms with Crippen molar-refractivity contribution in [2.24, 2.45) is 0 Å². The Morgan fingerprint density at radius 3 is 2.74 bits per heavy atom. The van der Waals surface area contributed by atoms with Crippen molar-refractivity contribution in [1.29, 1.82) is 0 Å². The lowest BCUT2D eigenvalue weighted by Gasteiger charge is -2.25. The molecular weight excluding hydrogens is 312 g/mol. The number of aromatic nitrogens is 1. The molecule has 1 aromatic rings. The van der Waals surface area contributed by atoms with Crippen molar-refractivity contribution in [3.63, 3.8) is 0 Å². The molecule has 0 spiro atoms. The second-order valence-electron chi connectivity index (χ2n) is 6.05. The molecule has 0 saturated carbocycles. The number of carbonyl (C=O) groups excluding carboxylic acids is 2. The highest BCUT2D eigenvalue weighted by molar-refractivity contribution is 7.09. The number of nitrogens with one attached hydrogen (secondary N) is 2. The van der Waals surface area contributed by atoms with E-state index in [0.717, 1.165) is 30.0 Å². The van der Waals surface area contributed by atoms with Crippen LogP contribution in [0.3, 0.4) is 0 Å². The normalized spacial score (nSPS) is 21.3. The molecule has 2 heterocycles. The van der Waals surface area contributed by atoms with Crippen LogP contribution in [-0.4, -0.2) is 47.4 Å². The van der Waals surface area contributed by atoms with Crippen LogP contribution in [-0.2, 0) is 22.6 Å². The summed E-state index contributed by atoms with van der Waals surface area (Å²) in [6.45, 7) is 4.77. The van der Waals surface area contributed by atoms with E-state index in [2.05, 4.69) is 27.4 Å². The molecular formula is C16H26N4O2S. The number of thiazole rings is 1. The van der Waals surface area contributed by atoms with E-state index in [1.165, 1.54) is 6.92 Å². The zero-order valence-corrected chi connectivity index (χ0v) is 14.9. The van der Waals surface area contributed by atoms with Gasteiger partial charge in [-0.05, 0) is 26.3 Å². The summed E-state index contributed by atoms with van der Waals surface area (Å²) in [4.78, 5) is 29.8. The van der Waals surface area contributed by atoms with Crippen LogP contribution < -0.4 is 10.6 Å². The summed E-state index contributed by atoms with van der Waals surface area (Å²) in [5, 5.41) is 8.82. The van der Waals surface area contributed by atoms with Crippen molar-refractivity contribution in [1.82, 2.24) is 20.5 Å². The molecule has 1 aliphatic rings. The number of hydrogen-bond donors (Lipinski definition) is 2. The Kier molecular flexibility index (Phi) is 6.53. The van der Waals surface area contributed by atoms with E-state index in [1.807, 2.05) is 12.4 Å². The van der Waals surface area contributed by atoms with E-state index < -0.39 is 0 Å². The largest absolute Gasteiger partial charge is 0.355 e. The molecule has 1 fully saturated rings. The molecule has 0 aliphatic carbocycles. The van der Waals surface area contributed by atoms with E-state index in [0.29, 0.717) is 25.6 Å². The Morgan fingerprint density at radius 1 is 1.35 bits per heavy atom. The topological polar surface area (TPSA) is 74.3 Å². The summed E-state index contributed by atoms with van der Waals surface area (Å²) < 4.78 is 0. The summed E-state index contributed by atoms with van der Waals surface area (Å²) in [5.74, 6) is 0.0600. The Bertz CT molecular complexity index is 546. The van der Waals surface area contributed by atoms with Gasteiger partial charge in [0.25, 0.3) is 0 Å². The lowest BCUT2D eigenvalue weighted by atomic mass is 10.1. The van der Waals surface area contributed by atoms with Gasteiger partial charge < -0.3 is 10.6 Å². The van der Waals surface area contributed by atoms with E-state index in [-0.39, 0.29) is 17.9 Å². The lowest BCUT2D eigenvalue weighted by Crippen LogP contribution is -2.41. The van der Waals surface area contributed by atoms with Gasteiger partial charge in [-0.1, -0.05) is 6.92 Å². The van der Waals surface area contributed by atoms with Crippen molar-refractivity contribution in [2.75, 3.05) is 13.6 Å². The number of hydrogen-bond acceptors (Lipinski definition) is 5. The minimum absolute atomic E-state index is 0.00510. The molecule has 128 valence electrons. The SMILES string of the molecule is CCc1csc(CNC(=O)C[C@@H]2CC[C@H](CNC(C)=O)N2C)n1. The molecule has 2 amide bonds. The summed E-state index contributed by atoms with van der Waals surface area (Å²) in [5.41, 5.74) is 1.08. The van der Waals surface area contributed by atoms with E-state index in [9.17, 15) is 9.59 Å². The first-order valence-electron chi connectivity index (χ1n) is 8.16. The molecule has 0 unspecified atom stereocenters. The Balaban J connectivity index is 1.73. The molecule has 0 bridgehead atoms.